The van der Waals surface area contributed by atoms with Gasteiger partial charge < -0.3 is 9.64 Å². The molecule has 0 aliphatic carbocycles. The maximum Gasteiger partial charge on any atom is 0.219 e. The fourth-order valence-corrected chi connectivity index (χ4v) is 3.06. The van der Waals surface area contributed by atoms with Crippen molar-refractivity contribution in [2.24, 2.45) is 0 Å². The Bertz CT molecular complexity index is 507. The molecule has 1 unspecified atom stereocenters. The molecule has 0 N–H and O–H groups in total. The van der Waals surface area contributed by atoms with Crippen LogP contribution in [0.4, 0.5) is 0 Å². The molecule has 0 radical (unpaired) electrons. The maximum absolute atomic E-state index is 11.5. The molecule has 0 spiro atoms. The van der Waals surface area contributed by atoms with Crippen LogP contribution in [0.1, 0.15) is 31.9 Å². The fourth-order valence-electron chi connectivity index (χ4n) is 2.79. The summed E-state index contributed by atoms with van der Waals surface area (Å²) in [6.07, 6.45) is 1.01. The van der Waals surface area contributed by atoms with E-state index in [-0.39, 0.29) is 11.9 Å². The number of rotatable bonds is 3. The molecular weight excluding hydrogens is 288 g/mol. The number of methoxy groups -OCH3 is 1. The highest BCUT2D eigenvalue weighted by Gasteiger charge is 2.21. The first kappa shape index (κ1) is 16.1. The van der Waals surface area contributed by atoms with Crippen LogP contribution in [-0.4, -0.2) is 49.0 Å². The van der Waals surface area contributed by atoms with Crippen LogP contribution >= 0.6 is 11.6 Å². The number of benzene rings is 1. The van der Waals surface area contributed by atoms with Gasteiger partial charge in [0.05, 0.1) is 12.1 Å². The van der Waals surface area contributed by atoms with Crippen LogP contribution in [-0.2, 0) is 4.79 Å². The van der Waals surface area contributed by atoms with Crippen molar-refractivity contribution < 1.29 is 9.53 Å². The highest BCUT2D eigenvalue weighted by Crippen LogP contribution is 2.30. The lowest BCUT2D eigenvalue weighted by Gasteiger charge is -2.28. The van der Waals surface area contributed by atoms with E-state index in [4.69, 9.17) is 16.3 Å². The van der Waals surface area contributed by atoms with Gasteiger partial charge in [0.25, 0.3) is 0 Å². The van der Waals surface area contributed by atoms with Crippen molar-refractivity contribution in [3.63, 3.8) is 0 Å². The van der Waals surface area contributed by atoms with E-state index in [1.165, 1.54) is 5.56 Å². The summed E-state index contributed by atoms with van der Waals surface area (Å²) in [7, 11) is 1.62. The number of halogens is 1. The van der Waals surface area contributed by atoms with Crippen LogP contribution in [0.25, 0.3) is 0 Å². The van der Waals surface area contributed by atoms with E-state index in [0.717, 1.165) is 32.6 Å². The van der Waals surface area contributed by atoms with Gasteiger partial charge in [0.2, 0.25) is 5.91 Å². The average Bonchev–Trinajstić information content (AvgIpc) is 2.72. The number of carbonyl (C=O) groups is 1. The van der Waals surface area contributed by atoms with E-state index >= 15 is 0 Å². The van der Waals surface area contributed by atoms with Crippen LogP contribution in [0.5, 0.6) is 5.75 Å². The van der Waals surface area contributed by atoms with Gasteiger partial charge in [-0.15, -0.1) is 0 Å². The van der Waals surface area contributed by atoms with E-state index in [0.29, 0.717) is 10.8 Å². The largest absolute Gasteiger partial charge is 0.495 e. The Hall–Kier alpha value is -1.26. The number of hydrogen-bond donors (Lipinski definition) is 0. The molecule has 1 amide bonds. The molecule has 1 fully saturated rings. The predicted molar refractivity (Wildman–Crippen MR) is 84.9 cm³/mol. The number of hydrogen-bond acceptors (Lipinski definition) is 3. The summed E-state index contributed by atoms with van der Waals surface area (Å²) in [5.41, 5.74) is 1.18. The van der Waals surface area contributed by atoms with Crippen molar-refractivity contribution in [1.82, 2.24) is 9.80 Å². The van der Waals surface area contributed by atoms with E-state index in [9.17, 15) is 4.79 Å². The van der Waals surface area contributed by atoms with Crippen LogP contribution < -0.4 is 4.74 Å². The lowest BCUT2D eigenvalue weighted by molar-refractivity contribution is -0.128. The topological polar surface area (TPSA) is 32.8 Å². The smallest absolute Gasteiger partial charge is 0.219 e. The molecular formula is C16H23ClN2O2. The monoisotopic (exact) mass is 310 g/mol. The molecule has 0 aromatic heterocycles. The zero-order valence-corrected chi connectivity index (χ0v) is 13.7. The van der Waals surface area contributed by atoms with E-state index in [1.807, 2.05) is 17.0 Å². The van der Waals surface area contributed by atoms with Gasteiger partial charge in [-0.2, -0.15) is 0 Å². The first-order valence-corrected chi connectivity index (χ1v) is 7.73. The zero-order chi connectivity index (χ0) is 15.4. The molecule has 1 saturated heterocycles. The Kier molecular flexibility index (Phi) is 5.48. The lowest BCUT2D eigenvalue weighted by Crippen LogP contribution is -2.34. The van der Waals surface area contributed by atoms with Gasteiger partial charge in [-0.05, 0) is 31.0 Å². The number of ether oxygens (including phenoxy) is 1. The van der Waals surface area contributed by atoms with Crippen molar-refractivity contribution in [3.8, 4) is 5.75 Å². The summed E-state index contributed by atoms with van der Waals surface area (Å²) in [4.78, 5) is 15.8. The summed E-state index contributed by atoms with van der Waals surface area (Å²) >= 11 is 6.21. The van der Waals surface area contributed by atoms with Gasteiger partial charge in [-0.25, -0.2) is 0 Å². The second-order valence-corrected chi connectivity index (χ2v) is 5.87. The van der Waals surface area contributed by atoms with Gasteiger partial charge in [-0.3, -0.25) is 9.69 Å². The maximum atomic E-state index is 11.5. The molecule has 1 aromatic rings. The summed E-state index contributed by atoms with van der Waals surface area (Å²) in [5, 5.41) is 0.641. The Morgan fingerprint density at radius 2 is 2.05 bits per heavy atom. The van der Waals surface area contributed by atoms with Crippen LogP contribution in [0.2, 0.25) is 5.02 Å². The van der Waals surface area contributed by atoms with E-state index in [2.05, 4.69) is 17.9 Å². The lowest BCUT2D eigenvalue weighted by atomic mass is 10.1. The first-order chi connectivity index (χ1) is 10.0. The van der Waals surface area contributed by atoms with Crippen molar-refractivity contribution in [2.75, 3.05) is 33.3 Å². The zero-order valence-electron chi connectivity index (χ0n) is 12.9. The Morgan fingerprint density at radius 1 is 1.29 bits per heavy atom. The highest BCUT2D eigenvalue weighted by atomic mass is 35.5. The minimum Gasteiger partial charge on any atom is -0.495 e. The second kappa shape index (κ2) is 7.14. The Morgan fingerprint density at radius 3 is 2.67 bits per heavy atom. The van der Waals surface area contributed by atoms with Crippen LogP contribution in [0.3, 0.4) is 0 Å². The Labute approximate surface area is 131 Å². The SMILES string of the molecule is COc1ccc(C(C)N2CCCN(C(C)=O)CC2)cc1Cl. The molecule has 2 rings (SSSR count). The third-order valence-electron chi connectivity index (χ3n) is 4.18. The molecule has 21 heavy (non-hydrogen) atoms. The molecule has 1 heterocycles. The second-order valence-electron chi connectivity index (χ2n) is 5.47. The third kappa shape index (κ3) is 3.89. The summed E-state index contributed by atoms with van der Waals surface area (Å²) in [6, 6.07) is 6.22. The minimum absolute atomic E-state index is 0.164. The predicted octanol–water partition coefficient (Wildman–Crippen LogP) is 2.96. The highest BCUT2D eigenvalue weighted by molar-refractivity contribution is 6.32. The molecule has 4 nitrogen and oxygen atoms in total. The van der Waals surface area contributed by atoms with Crippen molar-refractivity contribution in [3.05, 3.63) is 28.8 Å². The number of nitrogens with zero attached hydrogens (tertiary/aromatic N) is 2. The molecule has 1 aliphatic heterocycles. The molecule has 5 heteroatoms. The first-order valence-electron chi connectivity index (χ1n) is 7.36. The average molecular weight is 311 g/mol. The van der Waals surface area contributed by atoms with Crippen molar-refractivity contribution in [2.45, 2.75) is 26.3 Å². The quantitative estimate of drug-likeness (QED) is 0.860. The van der Waals surface area contributed by atoms with Gasteiger partial charge >= 0.3 is 0 Å². The van der Waals surface area contributed by atoms with Crippen molar-refractivity contribution in [1.29, 1.82) is 0 Å². The summed E-state index contributed by atoms with van der Waals surface area (Å²) in [6.45, 7) is 7.36. The summed E-state index contributed by atoms with van der Waals surface area (Å²) < 4.78 is 5.20. The van der Waals surface area contributed by atoms with Crippen molar-refractivity contribution >= 4 is 17.5 Å². The molecule has 116 valence electrons. The van der Waals surface area contributed by atoms with Gasteiger partial charge in [0, 0.05) is 39.1 Å². The van der Waals surface area contributed by atoms with Crippen LogP contribution in [0.15, 0.2) is 18.2 Å². The van der Waals surface area contributed by atoms with E-state index < -0.39 is 0 Å². The molecule has 0 saturated carbocycles. The van der Waals surface area contributed by atoms with Crippen LogP contribution in [0, 0.1) is 0 Å². The standard InChI is InChI=1S/C16H23ClN2O2/c1-12(14-5-6-16(21-3)15(17)11-14)18-7-4-8-19(10-9-18)13(2)20/h5-6,11-12H,4,7-10H2,1-3H3. The summed E-state index contributed by atoms with van der Waals surface area (Å²) in [5.74, 6) is 0.864. The van der Waals surface area contributed by atoms with Gasteiger partial charge in [-0.1, -0.05) is 17.7 Å². The van der Waals surface area contributed by atoms with Gasteiger partial charge in [0.15, 0.2) is 0 Å². The fraction of sp³-hybridized carbons (Fsp3) is 0.562. The number of carbonyl (C=O) groups excluding carboxylic acids is 1. The molecule has 0 bridgehead atoms. The Balaban J connectivity index is 2.07. The van der Waals surface area contributed by atoms with Gasteiger partial charge in [0.1, 0.15) is 5.75 Å². The molecule has 1 atom stereocenters. The minimum atomic E-state index is 0.164. The van der Waals surface area contributed by atoms with E-state index in [1.54, 1.807) is 14.0 Å². The number of amides is 1. The molecule has 1 aromatic carbocycles. The third-order valence-corrected chi connectivity index (χ3v) is 4.48. The molecule has 1 aliphatic rings. The normalized spacial score (nSPS) is 18.2.